The first kappa shape index (κ1) is 18.1. The SMILES string of the molecule is CN1c2ccsc2C(=O)/C(=C\N=[S@@](C)(=O)c2ccc(Cl)cc2)S1(=O)=O. The fraction of sp³-hybridized carbons (Fsp3) is 0.133. The summed E-state index contributed by atoms with van der Waals surface area (Å²) in [4.78, 5) is 12.7. The van der Waals surface area contributed by atoms with Gasteiger partial charge in [-0.15, -0.1) is 11.3 Å². The maximum Gasteiger partial charge on any atom is 0.269 e. The summed E-state index contributed by atoms with van der Waals surface area (Å²) < 4.78 is 42.8. The minimum absolute atomic E-state index is 0.313. The molecule has 0 fully saturated rings. The summed E-state index contributed by atoms with van der Waals surface area (Å²) in [5.41, 5.74) is 0.335. The number of halogens is 1. The number of Topliss-reactive ketones (excluding diaryl/α,β-unsaturated/α-hetero) is 1. The van der Waals surface area contributed by atoms with Gasteiger partial charge >= 0.3 is 0 Å². The Balaban J connectivity index is 2.13. The van der Waals surface area contributed by atoms with Crippen molar-refractivity contribution >= 4 is 54.2 Å². The summed E-state index contributed by atoms with van der Waals surface area (Å²) >= 11 is 6.96. The van der Waals surface area contributed by atoms with Gasteiger partial charge in [0.1, 0.15) is 4.88 Å². The van der Waals surface area contributed by atoms with Crippen LogP contribution in [0.4, 0.5) is 5.69 Å². The van der Waals surface area contributed by atoms with Gasteiger partial charge in [-0.2, -0.15) is 0 Å². The van der Waals surface area contributed by atoms with Crippen molar-refractivity contribution in [1.29, 1.82) is 0 Å². The molecule has 6 nitrogen and oxygen atoms in total. The number of benzene rings is 1. The van der Waals surface area contributed by atoms with Gasteiger partial charge in [0, 0.05) is 23.2 Å². The topological polar surface area (TPSA) is 83.9 Å². The molecule has 0 saturated heterocycles. The molecule has 2 aromatic rings. The van der Waals surface area contributed by atoms with Crippen molar-refractivity contribution in [2.45, 2.75) is 4.90 Å². The van der Waals surface area contributed by atoms with Crippen LogP contribution in [0.25, 0.3) is 0 Å². The van der Waals surface area contributed by atoms with E-state index in [2.05, 4.69) is 4.36 Å². The van der Waals surface area contributed by atoms with Crippen molar-refractivity contribution in [3.05, 3.63) is 56.7 Å². The predicted octanol–water partition coefficient (Wildman–Crippen LogP) is 3.36. The lowest BCUT2D eigenvalue weighted by Gasteiger charge is -2.24. The average Bonchev–Trinajstić information content (AvgIpc) is 3.03. The van der Waals surface area contributed by atoms with Crippen LogP contribution in [0.5, 0.6) is 0 Å². The fourth-order valence-corrected chi connectivity index (χ4v) is 5.74. The second kappa shape index (κ2) is 6.24. The molecule has 0 aliphatic carbocycles. The molecule has 1 aliphatic rings. The van der Waals surface area contributed by atoms with Gasteiger partial charge in [-0.1, -0.05) is 11.6 Å². The summed E-state index contributed by atoms with van der Waals surface area (Å²) in [6.45, 7) is 0. The number of allylic oxidation sites excluding steroid dienone is 1. The number of hydrogen-bond acceptors (Lipinski definition) is 6. The first-order valence-corrected chi connectivity index (χ1v) is 11.5. The predicted molar refractivity (Wildman–Crippen MR) is 100 cm³/mol. The van der Waals surface area contributed by atoms with E-state index in [1.807, 2.05) is 0 Å². The third-order valence-electron chi connectivity index (χ3n) is 3.67. The highest BCUT2D eigenvalue weighted by Crippen LogP contribution is 2.37. The van der Waals surface area contributed by atoms with Crippen molar-refractivity contribution in [1.82, 2.24) is 0 Å². The number of hydrogen-bond donors (Lipinski definition) is 0. The highest BCUT2D eigenvalue weighted by atomic mass is 35.5. The number of sulfonamides is 1. The molecule has 1 aliphatic heterocycles. The molecule has 132 valence electrons. The molecule has 0 spiro atoms. The number of nitrogens with zero attached hydrogens (tertiary/aromatic N) is 2. The van der Waals surface area contributed by atoms with E-state index >= 15 is 0 Å². The van der Waals surface area contributed by atoms with E-state index in [9.17, 15) is 17.4 Å². The van der Waals surface area contributed by atoms with Crippen LogP contribution in [0.15, 0.2) is 56.1 Å². The van der Waals surface area contributed by atoms with Gasteiger partial charge in [0.05, 0.1) is 21.6 Å². The molecule has 2 heterocycles. The number of carbonyl (C=O) groups excluding carboxylic acids is 1. The number of rotatable bonds is 2. The summed E-state index contributed by atoms with van der Waals surface area (Å²) in [5.74, 6) is -0.641. The Bertz CT molecular complexity index is 1110. The van der Waals surface area contributed by atoms with Crippen LogP contribution >= 0.6 is 22.9 Å². The van der Waals surface area contributed by atoms with E-state index in [4.69, 9.17) is 11.6 Å². The van der Waals surface area contributed by atoms with Gasteiger partial charge in [0.15, 0.2) is 4.91 Å². The largest absolute Gasteiger partial charge is 0.287 e. The molecular weight excluding hydrogens is 404 g/mol. The lowest BCUT2D eigenvalue weighted by Crippen LogP contribution is -2.35. The Morgan fingerprint density at radius 1 is 1.24 bits per heavy atom. The van der Waals surface area contributed by atoms with Crippen molar-refractivity contribution in [3.8, 4) is 0 Å². The molecule has 1 aromatic heterocycles. The summed E-state index contributed by atoms with van der Waals surface area (Å²) in [5, 5.41) is 2.12. The lowest BCUT2D eigenvalue weighted by molar-refractivity contribution is 0.104. The number of carbonyl (C=O) groups is 1. The van der Waals surface area contributed by atoms with Gasteiger partial charge in [0.2, 0.25) is 5.78 Å². The maximum atomic E-state index is 12.8. The zero-order valence-corrected chi connectivity index (χ0v) is 16.4. The summed E-state index contributed by atoms with van der Waals surface area (Å²) in [6, 6.07) is 7.80. The Labute approximate surface area is 155 Å². The quantitative estimate of drug-likeness (QED) is 0.702. The summed E-state index contributed by atoms with van der Waals surface area (Å²) in [7, 11) is -5.59. The number of fused-ring (bicyclic) bond motifs is 1. The first-order valence-electron chi connectivity index (χ1n) is 6.93. The molecule has 0 unspecified atom stereocenters. The van der Waals surface area contributed by atoms with Gasteiger partial charge in [-0.05, 0) is 35.7 Å². The molecule has 1 atom stereocenters. The molecule has 25 heavy (non-hydrogen) atoms. The Morgan fingerprint density at radius 3 is 2.52 bits per heavy atom. The van der Waals surface area contributed by atoms with E-state index in [1.54, 1.807) is 35.7 Å². The molecule has 10 heteroatoms. The minimum atomic E-state index is -4.03. The Hall–Kier alpha value is -1.68. The van der Waals surface area contributed by atoms with Crippen LogP contribution in [0.2, 0.25) is 5.02 Å². The summed E-state index contributed by atoms with van der Waals surface area (Å²) in [6.07, 6.45) is 2.27. The van der Waals surface area contributed by atoms with Crippen LogP contribution < -0.4 is 4.31 Å². The van der Waals surface area contributed by atoms with Gasteiger partial charge < -0.3 is 0 Å². The van der Waals surface area contributed by atoms with Crippen molar-refractivity contribution < 1.29 is 17.4 Å². The smallest absolute Gasteiger partial charge is 0.269 e. The third kappa shape index (κ3) is 3.12. The van der Waals surface area contributed by atoms with Crippen molar-refractivity contribution in [2.75, 3.05) is 17.6 Å². The first-order chi connectivity index (χ1) is 11.6. The third-order valence-corrected chi connectivity index (χ3v) is 8.25. The normalized spacial score (nSPS) is 20.2. The second-order valence-corrected chi connectivity index (χ2v) is 10.9. The number of thiophene rings is 1. The Kier molecular flexibility index (Phi) is 4.52. The maximum absolute atomic E-state index is 12.8. The van der Waals surface area contributed by atoms with Crippen molar-refractivity contribution in [3.63, 3.8) is 0 Å². The zero-order valence-electron chi connectivity index (χ0n) is 13.2. The molecule has 0 bridgehead atoms. The van der Waals surface area contributed by atoms with Crippen LogP contribution in [0.3, 0.4) is 0 Å². The molecule has 0 radical (unpaired) electrons. The molecule has 1 aromatic carbocycles. The van der Waals surface area contributed by atoms with E-state index in [-0.39, 0.29) is 0 Å². The van der Waals surface area contributed by atoms with Crippen molar-refractivity contribution in [2.24, 2.45) is 4.36 Å². The van der Waals surface area contributed by atoms with Gasteiger partial charge in [-0.3, -0.25) is 9.10 Å². The van der Waals surface area contributed by atoms with Crippen LogP contribution in [-0.2, 0) is 19.8 Å². The number of anilines is 1. The molecular formula is C15H13ClN2O4S3. The highest BCUT2D eigenvalue weighted by Gasteiger charge is 2.39. The van der Waals surface area contributed by atoms with E-state index in [0.717, 1.165) is 21.8 Å². The minimum Gasteiger partial charge on any atom is -0.287 e. The van der Waals surface area contributed by atoms with Crippen LogP contribution in [0.1, 0.15) is 9.67 Å². The van der Waals surface area contributed by atoms with Crippen LogP contribution in [0, 0.1) is 0 Å². The Morgan fingerprint density at radius 2 is 1.88 bits per heavy atom. The van der Waals surface area contributed by atoms with E-state index in [0.29, 0.717) is 20.5 Å². The molecule has 0 N–H and O–H groups in total. The molecule has 0 amide bonds. The van der Waals surface area contributed by atoms with E-state index in [1.165, 1.54) is 13.3 Å². The van der Waals surface area contributed by atoms with Crippen LogP contribution in [-0.4, -0.2) is 31.7 Å². The highest BCUT2D eigenvalue weighted by molar-refractivity contribution is 7.98. The molecule has 0 saturated carbocycles. The van der Waals surface area contributed by atoms with Gasteiger partial charge in [-0.25, -0.2) is 17.0 Å². The standard InChI is InChI=1S/C15H13ClN2O4S3/c1-18-12-7-8-23-15(12)14(19)13(25(18,21)22)9-17-24(2,20)11-5-3-10(16)4-6-11/h3-9H,1-2H3/b13-9+/t24-/m0/s1. The molecule has 3 rings (SSSR count). The fourth-order valence-electron chi connectivity index (χ4n) is 2.25. The second-order valence-electron chi connectivity index (χ2n) is 5.29. The zero-order chi connectivity index (χ0) is 18.4. The monoisotopic (exact) mass is 416 g/mol. The lowest BCUT2D eigenvalue weighted by atomic mass is 10.2. The number of ketones is 1. The van der Waals surface area contributed by atoms with Gasteiger partial charge in [0.25, 0.3) is 10.0 Å². The average molecular weight is 417 g/mol. The van der Waals surface area contributed by atoms with E-state index < -0.39 is 30.4 Å².